The lowest BCUT2D eigenvalue weighted by molar-refractivity contribution is 0.171. The first-order valence-corrected chi connectivity index (χ1v) is 6.84. The highest BCUT2D eigenvalue weighted by atomic mass is 16.6. The molecule has 0 saturated heterocycles. The Bertz CT molecular complexity index is 679. The lowest BCUT2D eigenvalue weighted by atomic mass is 10.1. The predicted octanol–water partition coefficient (Wildman–Crippen LogP) is 2.38. The van der Waals surface area contributed by atoms with E-state index in [9.17, 15) is 0 Å². The number of rotatable bonds is 4. The molecule has 1 N–H and O–H groups in total. The van der Waals surface area contributed by atoms with Crippen LogP contribution in [0.25, 0.3) is 0 Å². The van der Waals surface area contributed by atoms with Crippen LogP contribution < -0.4 is 14.8 Å². The summed E-state index contributed by atoms with van der Waals surface area (Å²) in [6, 6.07) is 11.6. The Balaban J connectivity index is 1.62. The van der Waals surface area contributed by atoms with E-state index in [1.54, 1.807) is 18.3 Å². The molecule has 2 aromatic rings. The normalized spacial score (nSPS) is 12.5. The number of fused-ring (bicyclic) bond motifs is 1. The van der Waals surface area contributed by atoms with Crippen molar-refractivity contribution in [2.75, 3.05) is 25.1 Å². The maximum Gasteiger partial charge on any atom is 0.161 e. The summed E-state index contributed by atoms with van der Waals surface area (Å²) in [5.41, 5.74) is 1.71. The van der Waals surface area contributed by atoms with Crippen molar-refractivity contribution in [3.63, 3.8) is 0 Å². The molecule has 5 heteroatoms. The van der Waals surface area contributed by atoms with Crippen LogP contribution >= 0.6 is 0 Å². The van der Waals surface area contributed by atoms with E-state index in [4.69, 9.17) is 14.7 Å². The van der Waals surface area contributed by atoms with Gasteiger partial charge in [-0.05, 0) is 36.2 Å². The van der Waals surface area contributed by atoms with Crippen LogP contribution in [0.4, 0.5) is 5.82 Å². The zero-order chi connectivity index (χ0) is 14.5. The van der Waals surface area contributed by atoms with Crippen molar-refractivity contribution in [1.29, 1.82) is 5.26 Å². The average molecular weight is 281 g/mol. The Morgan fingerprint density at radius 3 is 2.90 bits per heavy atom. The second-order valence-electron chi connectivity index (χ2n) is 4.67. The van der Waals surface area contributed by atoms with Crippen molar-refractivity contribution in [1.82, 2.24) is 4.98 Å². The average Bonchev–Trinajstić information content (AvgIpc) is 2.55. The van der Waals surface area contributed by atoms with Gasteiger partial charge in [0.25, 0.3) is 0 Å². The van der Waals surface area contributed by atoms with E-state index in [1.807, 2.05) is 18.2 Å². The number of nitrogens with zero attached hydrogens (tertiary/aromatic N) is 2. The van der Waals surface area contributed by atoms with Gasteiger partial charge in [0.1, 0.15) is 25.1 Å². The van der Waals surface area contributed by atoms with Crippen molar-refractivity contribution in [2.45, 2.75) is 6.42 Å². The fourth-order valence-corrected chi connectivity index (χ4v) is 2.20. The smallest absolute Gasteiger partial charge is 0.161 e. The van der Waals surface area contributed by atoms with Gasteiger partial charge in [-0.25, -0.2) is 4.98 Å². The van der Waals surface area contributed by atoms with Gasteiger partial charge < -0.3 is 14.8 Å². The van der Waals surface area contributed by atoms with Gasteiger partial charge in [0.15, 0.2) is 11.5 Å². The monoisotopic (exact) mass is 281 g/mol. The summed E-state index contributed by atoms with van der Waals surface area (Å²) >= 11 is 0. The molecule has 0 amide bonds. The minimum Gasteiger partial charge on any atom is -0.486 e. The Hall–Kier alpha value is -2.74. The second-order valence-corrected chi connectivity index (χ2v) is 4.67. The van der Waals surface area contributed by atoms with Crippen molar-refractivity contribution in [2.24, 2.45) is 0 Å². The van der Waals surface area contributed by atoms with Crippen LogP contribution in [-0.2, 0) is 6.42 Å². The Kier molecular flexibility index (Phi) is 3.88. The summed E-state index contributed by atoms with van der Waals surface area (Å²) in [5.74, 6) is 2.22. The van der Waals surface area contributed by atoms with Gasteiger partial charge in [0.05, 0.1) is 5.56 Å². The number of hydrogen-bond acceptors (Lipinski definition) is 5. The quantitative estimate of drug-likeness (QED) is 0.932. The third-order valence-electron chi connectivity index (χ3n) is 3.24. The number of nitrogens with one attached hydrogen (secondary N) is 1. The predicted molar refractivity (Wildman–Crippen MR) is 78.6 cm³/mol. The van der Waals surface area contributed by atoms with Crippen molar-refractivity contribution < 1.29 is 9.47 Å². The van der Waals surface area contributed by atoms with E-state index in [1.165, 1.54) is 0 Å². The molecular formula is C16H15N3O2. The molecule has 0 fully saturated rings. The molecule has 0 aliphatic carbocycles. The van der Waals surface area contributed by atoms with Crippen LogP contribution in [0.15, 0.2) is 36.5 Å². The molecule has 0 atom stereocenters. The van der Waals surface area contributed by atoms with Crippen LogP contribution in [0, 0.1) is 11.3 Å². The first-order chi connectivity index (χ1) is 10.4. The van der Waals surface area contributed by atoms with Crippen LogP contribution in [0.1, 0.15) is 11.1 Å². The molecule has 0 spiro atoms. The molecule has 0 radical (unpaired) electrons. The van der Waals surface area contributed by atoms with E-state index in [-0.39, 0.29) is 0 Å². The number of hydrogen-bond donors (Lipinski definition) is 1. The minimum atomic E-state index is 0.555. The first-order valence-electron chi connectivity index (χ1n) is 6.84. The molecule has 0 unspecified atom stereocenters. The molecular weight excluding hydrogens is 266 g/mol. The molecule has 1 aromatic carbocycles. The van der Waals surface area contributed by atoms with Gasteiger partial charge in [0, 0.05) is 12.7 Å². The SMILES string of the molecule is N#Cc1cccnc1NCCc1ccc2c(c1)OCCO2. The maximum absolute atomic E-state index is 9.01. The molecule has 1 aliphatic heterocycles. The van der Waals surface area contributed by atoms with E-state index in [0.717, 1.165) is 23.5 Å². The third kappa shape index (κ3) is 3.06. The highest BCUT2D eigenvalue weighted by Crippen LogP contribution is 2.30. The largest absolute Gasteiger partial charge is 0.486 e. The van der Waals surface area contributed by atoms with Crippen molar-refractivity contribution in [3.8, 4) is 17.6 Å². The van der Waals surface area contributed by atoms with Gasteiger partial charge in [0.2, 0.25) is 0 Å². The lowest BCUT2D eigenvalue weighted by Gasteiger charge is -2.19. The fourth-order valence-electron chi connectivity index (χ4n) is 2.20. The van der Waals surface area contributed by atoms with Crippen molar-refractivity contribution >= 4 is 5.82 Å². The van der Waals surface area contributed by atoms with Crippen LogP contribution in [0.3, 0.4) is 0 Å². The van der Waals surface area contributed by atoms with Gasteiger partial charge >= 0.3 is 0 Å². The molecule has 0 bridgehead atoms. The van der Waals surface area contributed by atoms with Crippen LogP contribution in [0.5, 0.6) is 11.5 Å². The number of aromatic nitrogens is 1. The third-order valence-corrected chi connectivity index (χ3v) is 3.24. The van der Waals surface area contributed by atoms with E-state index >= 15 is 0 Å². The number of benzene rings is 1. The number of ether oxygens (including phenoxy) is 2. The minimum absolute atomic E-state index is 0.555. The maximum atomic E-state index is 9.01. The molecule has 5 nitrogen and oxygen atoms in total. The Labute approximate surface area is 123 Å². The van der Waals surface area contributed by atoms with Gasteiger partial charge in [-0.2, -0.15) is 5.26 Å². The molecule has 1 aliphatic rings. The Morgan fingerprint density at radius 1 is 1.19 bits per heavy atom. The van der Waals surface area contributed by atoms with Gasteiger partial charge in [-0.1, -0.05) is 6.07 Å². The molecule has 2 heterocycles. The van der Waals surface area contributed by atoms with E-state index in [2.05, 4.69) is 16.4 Å². The lowest BCUT2D eigenvalue weighted by Crippen LogP contribution is -2.15. The zero-order valence-corrected chi connectivity index (χ0v) is 11.5. The summed E-state index contributed by atoms with van der Waals surface area (Å²) in [6.07, 6.45) is 2.49. The summed E-state index contributed by atoms with van der Waals surface area (Å²) in [6.45, 7) is 1.89. The molecule has 0 saturated carbocycles. The van der Waals surface area contributed by atoms with Crippen LogP contribution in [-0.4, -0.2) is 24.7 Å². The van der Waals surface area contributed by atoms with E-state index < -0.39 is 0 Å². The highest BCUT2D eigenvalue weighted by Gasteiger charge is 2.11. The summed E-state index contributed by atoms with van der Waals surface area (Å²) in [5, 5.41) is 12.2. The van der Waals surface area contributed by atoms with Crippen molar-refractivity contribution in [3.05, 3.63) is 47.7 Å². The number of anilines is 1. The Morgan fingerprint density at radius 2 is 2.05 bits per heavy atom. The number of nitriles is 1. The zero-order valence-electron chi connectivity index (χ0n) is 11.5. The number of pyridine rings is 1. The molecule has 1 aromatic heterocycles. The second kappa shape index (κ2) is 6.14. The van der Waals surface area contributed by atoms with E-state index in [0.29, 0.717) is 31.1 Å². The standard InChI is InChI=1S/C16H15N3O2/c17-11-13-2-1-6-18-16(13)19-7-5-12-3-4-14-15(10-12)21-9-8-20-14/h1-4,6,10H,5,7-9H2,(H,18,19). The summed E-state index contributed by atoms with van der Waals surface area (Å²) in [7, 11) is 0. The highest BCUT2D eigenvalue weighted by molar-refractivity contribution is 5.51. The van der Waals surface area contributed by atoms with Gasteiger partial charge in [-0.15, -0.1) is 0 Å². The topological polar surface area (TPSA) is 67.2 Å². The van der Waals surface area contributed by atoms with Gasteiger partial charge in [-0.3, -0.25) is 0 Å². The van der Waals surface area contributed by atoms with Crippen LogP contribution in [0.2, 0.25) is 0 Å². The molecule has 106 valence electrons. The molecule has 3 rings (SSSR count). The summed E-state index contributed by atoms with van der Waals surface area (Å²) in [4.78, 5) is 4.17. The summed E-state index contributed by atoms with van der Waals surface area (Å²) < 4.78 is 11.1. The molecule has 21 heavy (non-hydrogen) atoms. The fraction of sp³-hybridized carbons (Fsp3) is 0.250. The first kappa shape index (κ1) is 13.3.